The molecule has 6 heteroatoms. The summed E-state index contributed by atoms with van der Waals surface area (Å²) in [6.45, 7) is 0.387. The third-order valence-corrected chi connectivity index (χ3v) is 3.57. The number of thiophene rings is 1. The first-order valence-corrected chi connectivity index (χ1v) is 7.21. The maximum absolute atomic E-state index is 11.9. The minimum atomic E-state index is -0.311. The van der Waals surface area contributed by atoms with Crippen molar-refractivity contribution in [2.45, 2.75) is 13.0 Å². The summed E-state index contributed by atoms with van der Waals surface area (Å²) in [5, 5.41) is 13.4. The highest BCUT2D eigenvalue weighted by Crippen LogP contribution is 2.15. The van der Waals surface area contributed by atoms with E-state index in [-0.39, 0.29) is 18.1 Å². The van der Waals surface area contributed by atoms with Crippen molar-refractivity contribution in [1.82, 2.24) is 10.3 Å². The summed E-state index contributed by atoms with van der Waals surface area (Å²) < 4.78 is 0. The van der Waals surface area contributed by atoms with Gasteiger partial charge in [0.1, 0.15) is 0 Å². The number of carbonyl (C=O) groups is 1. The second-order valence-electron chi connectivity index (χ2n) is 4.16. The first kappa shape index (κ1) is 15.0. The van der Waals surface area contributed by atoms with Crippen LogP contribution in [0, 0.1) is 11.8 Å². The van der Waals surface area contributed by atoms with Crippen LogP contribution < -0.4 is 10.9 Å². The summed E-state index contributed by atoms with van der Waals surface area (Å²) in [6.07, 6.45) is 1.86. The molecule has 0 aliphatic heterocycles. The number of pyridine rings is 1. The summed E-state index contributed by atoms with van der Waals surface area (Å²) >= 11 is 1.50. The van der Waals surface area contributed by atoms with Crippen molar-refractivity contribution in [3.05, 3.63) is 56.1 Å². The van der Waals surface area contributed by atoms with Crippen molar-refractivity contribution >= 4 is 17.2 Å². The lowest BCUT2D eigenvalue weighted by atomic mass is 10.2. The third-order valence-electron chi connectivity index (χ3n) is 2.65. The molecule has 0 saturated heterocycles. The maximum Gasteiger partial charge on any atom is 0.251 e. The number of aromatic amines is 1. The molecule has 21 heavy (non-hydrogen) atoms. The van der Waals surface area contributed by atoms with Gasteiger partial charge in [0.05, 0.1) is 13.2 Å². The minimum Gasteiger partial charge on any atom is -0.395 e. The first-order valence-electron chi connectivity index (χ1n) is 6.34. The Labute approximate surface area is 125 Å². The third kappa shape index (κ3) is 4.31. The largest absolute Gasteiger partial charge is 0.395 e. The number of aromatic nitrogens is 1. The molecule has 0 saturated carbocycles. The van der Waals surface area contributed by atoms with E-state index in [2.05, 4.69) is 22.1 Å². The SMILES string of the molecule is O=C(NCc1sccc1C#CCCO)c1cc[nH]c(=O)c1. The van der Waals surface area contributed by atoms with Crippen molar-refractivity contribution in [3.63, 3.8) is 0 Å². The molecular weight excluding hydrogens is 288 g/mol. The van der Waals surface area contributed by atoms with Gasteiger partial charge in [-0.1, -0.05) is 11.8 Å². The molecule has 5 nitrogen and oxygen atoms in total. The van der Waals surface area contributed by atoms with Crippen LogP contribution in [0.2, 0.25) is 0 Å². The summed E-state index contributed by atoms with van der Waals surface area (Å²) in [4.78, 5) is 26.5. The Kier molecular flexibility index (Phi) is 5.32. The summed E-state index contributed by atoms with van der Waals surface area (Å²) in [7, 11) is 0. The second-order valence-corrected chi connectivity index (χ2v) is 5.16. The zero-order valence-corrected chi connectivity index (χ0v) is 12.0. The fraction of sp³-hybridized carbons (Fsp3) is 0.200. The van der Waals surface area contributed by atoms with Gasteiger partial charge in [-0.15, -0.1) is 11.3 Å². The molecule has 0 atom stereocenters. The Bertz CT molecular complexity index is 737. The van der Waals surface area contributed by atoms with Gasteiger partial charge < -0.3 is 15.4 Å². The molecular formula is C15H14N2O3S. The van der Waals surface area contributed by atoms with Crippen molar-refractivity contribution in [2.75, 3.05) is 6.61 Å². The van der Waals surface area contributed by atoms with Gasteiger partial charge in [-0.2, -0.15) is 0 Å². The van der Waals surface area contributed by atoms with E-state index in [0.717, 1.165) is 10.4 Å². The number of aliphatic hydroxyl groups excluding tert-OH is 1. The van der Waals surface area contributed by atoms with Crippen LogP contribution in [0.4, 0.5) is 0 Å². The van der Waals surface area contributed by atoms with E-state index in [1.165, 1.54) is 23.6 Å². The smallest absolute Gasteiger partial charge is 0.251 e. The minimum absolute atomic E-state index is 0.0335. The number of aliphatic hydroxyl groups is 1. The number of rotatable bonds is 4. The van der Waals surface area contributed by atoms with Crippen molar-refractivity contribution in [3.8, 4) is 11.8 Å². The molecule has 2 heterocycles. The molecule has 0 spiro atoms. The van der Waals surface area contributed by atoms with Crippen LogP contribution in [0.5, 0.6) is 0 Å². The van der Waals surface area contributed by atoms with Crippen LogP contribution in [-0.4, -0.2) is 22.6 Å². The molecule has 108 valence electrons. The van der Waals surface area contributed by atoms with Gasteiger partial charge in [-0.25, -0.2) is 0 Å². The van der Waals surface area contributed by atoms with Crippen LogP contribution in [0.25, 0.3) is 0 Å². The maximum atomic E-state index is 11.9. The lowest BCUT2D eigenvalue weighted by molar-refractivity contribution is 0.0951. The quantitative estimate of drug-likeness (QED) is 0.740. The van der Waals surface area contributed by atoms with Crippen molar-refractivity contribution < 1.29 is 9.90 Å². The van der Waals surface area contributed by atoms with Crippen molar-refractivity contribution in [1.29, 1.82) is 0 Å². The number of nitrogens with one attached hydrogen (secondary N) is 2. The average molecular weight is 302 g/mol. The van der Waals surface area contributed by atoms with Crippen LogP contribution >= 0.6 is 11.3 Å². The van der Waals surface area contributed by atoms with Gasteiger partial charge >= 0.3 is 0 Å². The molecule has 2 aromatic rings. The molecule has 0 fully saturated rings. The molecule has 0 aliphatic carbocycles. The van der Waals surface area contributed by atoms with E-state index in [9.17, 15) is 9.59 Å². The molecule has 0 unspecified atom stereocenters. The van der Waals surface area contributed by atoms with Gasteiger partial charge in [0.2, 0.25) is 5.56 Å². The highest BCUT2D eigenvalue weighted by Gasteiger charge is 2.08. The van der Waals surface area contributed by atoms with E-state index < -0.39 is 0 Å². The predicted molar refractivity (Wildman–Crippen MR) is 81.1 cm³/mol. The van der Waals surface area contributed by atoms with Gasteiger partial charge in [-0.3, -0.25) is 9.59 Å². The molecule has 0 aromatic carbocycles. The van der Waals surface area contributed by atoms with E-state index in [4.69, 9.17) is 5.11 Å². The summed E-state index contributed by atoms with van der Waals surface area (Å²) in [6, 6.07) is 4.68. The Morgan fingerprint density at radius 1 is 1.43 bits per heavy atom. The van der Waals surface area contributed by atoms with E-state index >= 15 is 0 Å². The highest BCUT2D eigenvalue weighted by atomic mass is 32.1. The lowest BCUT2D eigenvalue weighted by Crippen LogP contribution is -2.24. The molecule has 0 bridgehead atoms. The molecule has 1 amide bonds. The molecule has 2 rings (SSSR count). The standard InChI is InChI=1S/C15H14N2O3S/c18-7-2-1-3-11-5-8-21-13(11)10-17-15(20)12-4-6-16-14(19)9-12/h4-6,8-9,18H,2,7,10H2,(H,16,19)(H,17,20). The number of amides is 1. The van der Waals surface area contributed by atoms with Crippen molar-refractivity contribution in [2.24, 2.45) is 0 Å². The van der Waals surface area contributed by atoms with Crippen LogP contribution in [0.15, 0.2) is 34.6 Å². The van der Waals surface area contributed by atoms with E-state index in [1.54, 1.807) is 6.07 Å². The Balaban J connectivity index is 2.01. The molecule has 0 radical (unpaired) electrons. The molecule has 2 aromatic heterocycles. The topological polar surface area (TPSA) is 82.2 Å². The summed E-state index contributed by atoms with van der Waals surface area (Å²) in [5.41, 5.74) is 0.859. The fourth-order valence-electron chi connectivity index (χ4n) is 1.65. The van der Waals surface area contributed by atoms with Gasteiger partial charge in [0.15, 0.2) is 0 Å². The summed E-state index contributed by atoms with van der Waals surface area (Å²) in [5.74, 6) is 5.51. The average Bonchev–Trinajstić information content (AvgIpc) is 2.92. The lowest BCUT2D eigenvalue weighted by Gasteiger charge is -2.03. The predicted octanol–water partition coefficient (Wildman–Crippen LogP) is 1.10. The molecule has 3 N–H and O–H groups in total. The Morgan fingerprint density at radius 2 is 2.29 bits per heavy atom. The highest BCUT2D eigenvalue weighted by molar-refractivity contribution is 7.10. The van der Waals surface area contributed by atoms with Crippen LogP contribution in [0.1, 0.15) is 27.2 Å². The fourth-order valence-corrected chi connectivity index (χ4v) is 2.42. The normalized spacial score (nSPS) is 9.76. The Hall–Kier alpha value is -2.36. The van der Waals surface area contributed by atoms with Crippen LogP contribution in [-0.2, 0) is 6.54 Å². The van der Waals surface area contributed by atoms with Gasteiger partial charge in [0.25, 0.3) is 5.91 Å². The number of H-pyrrole nitrogens is 1. The molecule has 0 aliphatic rings. The van der Waals surface area contributed by atoms with Crippen LogP contribution in [0.3, 0.4) is 0 Å². The van der Waals surface area contributed by atoms with Gasteiger partial charge in [-0.05, 0) is 17.5 Å². The van der Waals surface area contributed by atoms with E-state index in [0.29, 0.717) is 18.5 Å². The monoisotopic (exact) mass is 302 g/mol. The number of hydrogen-bond donors (Lipinski definition) is 3. The first-order chi connectivity index (χ1) is 10.2. The second kappa shape index (κ2) is 7.43. The number of hydrogen-bond acceptors (Lipinski definition) is 4. The van der Waals surface area contributed by atoms with Gasteiger partial charge in [0, 0.05) is 34.7 Å². The zero-order valence-electron chi connectivity index (χ0n) is 11.2. The van der Waals surface area contributed by atoms with E-state index in [1.807, 2.05) is 11.4 Å². The Morgan fingerprint density at radius 3 is 3.05 bits per heavy atom. The number of carbonyl (C=O) groups excluding carboxylic acids is 1. The zero-order chi connectivity index (χ0) is 15.1.